The van der Waals surface area contributed by atoms with Gasteiger partial charge < -0.3 is 9.80 Å². The van der Waals surface area contributed by atoms with Crippen molar-refractivity contribution in [3.05, 3.63) is 47.6 Å². The first-order valence-corrected chi connectivity index (χ1v) is 9.20. The second-order valence-electron chi connectivity index (χ2n) is 6.22. The highest BCUT2D eigenvalue weighted by Crippen LogP contribution is 2.28. The SMILES string of the molecule is O=C1C(N2CCN(c3cccs3)CC2)CCN1c1ccccc1F. The van der Waals surface area contributed by atoms with Crippen molar-refractivity contribution in [3.8, 4) is 0 Å². The topological polar surface area (TPSA) is 26.8 Å². The Balaban J connectivity index is 1.42. The molecule has 1 aromatic carbocycles. The number of hydrogen-bond donors (Lipinski definition) is 0. The molecule has 0 spiro atoms. The predicted molar refractivity (Wildman–Crippen MR) is 95.3 cm³/mol. The molecule has 4 nitrogen and oxygen atoms in total. The summed E-state index contributed by atoms with van der Waals surface area (Å²) in [6, 6.07) is 10.6. The lowest BCUT2D eigenvalue weighted by Crippen LogP contribution is -2.52. The number of para-hydroxylation sites is 1. The number of carbonyl (C=O) groups excluding carboxylic acids is 1. The third-order valence-electron chi connectivity index (χ3n) is 4.89. The van der Waals surface area contributed by atoms with E-state index in [1.807, 2.05) is 0 Å². The van der Waals surface area contributed by atoms with Gasteiger partial charge in [0, 0.05) is 32.7 Å². The van der Waals surface area contributed by atoms with Gasteiger partial charge >= 0.3 is 0 Å². The highest BCUT2D eigenvalue weighted by atomic mass is 32.1. The lowest BCUT2D eigenvalue weighted by molar-refractivity contribution is -0.121. The Kier molecular flexibility index (Phi) is 4.24. The van der Waals surface area contributed by atoms with Gasteiger partial charge in [-0.15, -0.1) is 11.3 Å². The zero-order chi connectivity index (χ0) is 16.5. The molecule has 0 aliphatic carbocycles. The van der Waals surface area contributed by atoms with Gasteiger partial charge in [-0.05, 0) is 36.1 Å². The van der Waals surface area contributed by atoms with Crippen molar-refractivity contribution in [1.82, 2.24) is 4.90 Å². The number of amides is 1. The van der Waals surface area contributed by atoms with Crippen molar-refractivity contribution in [2.75, 3.05) is 42.5 Å². The average Bonchev–Trinajstić information content (AvgIpc) is 3.26. The number of anilines is 2. The Bertz CT molecular complexity index is 713. The molecule has 1 atom stereocenters. The molecule has 4 rings (SSSR count). The number of halogens is 1. The predicted octanol–water partition coefficient (Wildman–Crippen LogP) is 2.81. The highest BCUT2D eigenvalue weighted by molar-refractivity contribution is 7.14. The number of hydrogen-bond acceptors (Lipinski definition) is 4. The van der Waals surface area contributed by atoms with E-state index in [1.165, 1.54) is 11.1 Å². The van der Waals surface area contributed by atoms with E-state index in [4.69, 9.17) is 0 Å². The molecule has 126 valence electrons. The zero-order valence-corrected chi connectivity index (χ0v) is 14.2. The third-order valence-corrected chi connectivity index (χ3v) is 5.82. The van der Waals surface area contributed by atoms with Crippen molar-refractivity contribution in [1.29, 1.82) is 0 Å². The van der Waals surface area contributed by atoms with E-state index in [2.05, 4.69) is 27.3 Å². The van der Waals surface area contributed by atoms with Crippen LogP contribution in [0.1, 0.15) is 6.42 Å². The van der Waals surface area contributed by atoms with Crippen LogP contribution in [-0.2, 0) is 4.79 Å². The first kappa shape index (κ1) is 15.6. The molecule has 0 bridgehead atoms. The van der Waals surface area contributed by atoms with Crippen LogP contribution < -0.4 is 9.80 Å². The molecule has 0 saturated carbocycles. The van der Waals surface area contributed by atoms with Gasteiger partial charge in [-0.1, -0.05) is 12.1 Å². The van der Waals surface area contributed by atoms with Crippen molar-refractivity contribution in [2.45, 2.75) is 12.5 Å². The smallest absolute Gasteiger partial charge is 0.244 e. The summed E-state index contributed by atoms with van der Waals surface area (Å²) in [7, 11) is 0. The Morgan fingerprint density at radius 2 is 1.79 bits per heavy atom. The molecular weight excluding hydrogens is 325 g/mol. The summed E-state index contributed by atoms with van der Waals surface area (Å²) in [5.41, 5.74) is 0.405. The molecule has 0 N–H and O–H groups in total. The number of piperazine rings is 1. The molecule has 2 aliphatic rings. The summed E-state index contributed by atoms with van der Waals surface area (Å²) >= 11 is 1.75. The van der Waals surface area contributed by atoms with Gasteiger partial charge in [-0.3, -0.25) is 9.69 Å². The van der Waals surface area contributed by atoms with Gasteiger partial charge in [0.1, 0.15) is 5.82 Å². The van der Waals surface area contributed by atoms with E-state index < -0.39 is 0 Å². The van der Waals surface area contributed by atoms with Crippen molar-refractivity contribution in [3.63, 3.8) is 0 Å². The third kappa shape index (κ3) is 2.80. The molecule has 1 aromatic heterocycles. The summed E-state index contributed by atoms with van der Waals surface area (Å²) < 4.78 is 14.0. The maximum atomic E-state index is 14.0. The van der Waals surface area contributed by atoms with Crippen LogP contribution in [0.15, 0.2) is 41.8 Å². The van der Waals surface area contributed by atoms with E-state index >= 15 is 0 Å². The van der Waals surface area contributed by atoms with E-state index in [9.17, 15) is 9.18 Å². The molecule has 0 radical (unpaired) electrons. The summed E-state index contributed by atoms with van der Waals surface area (Å²) in [6.07, 6.45) is 0.770. The summed E-state index contributed by atoms with van der Waals surface area (Å²) in [5, 5.41) is 3.38. The molecule has 1 unspecified atom stereocenters. The summed E-state index contributed by atoms with van der Waals surface area (Å²) in [6.45, 7) is 4.21. The lowest BCUT2D eigenvalue weighted by Gasteiger charge is -2.37. The highest BCUT2D eigenvalue weighted by Gasteiger charge is 2.38. The second-order valence-corrected chi connectivity index (χ2v) is 7.15. The average molecular weight is 345 g/mol. The van der Waals surface area contributed by atoms with Crippen LogP contribution in [0.4, 0.5) is 15.1 Å². The molecule has 3 heterocycles. The Hall–Kier alpha value is -1.92. The number of thiophene rings is 1. The minimum atomic E-state index is -0.325. The Morgan fingerprint density at radius 3 is 2.50 bits per heavy atom. The quantitative estimate of drug-likeness (QED) is 0.856. The maximum absolute atomic E-state index is 14.0. The van der Waals surface area contributed by atoms with E-state index in [0.717, 1.165) is 32.6 Å². The van der Waals surface area contributed by atoms with Crippen LogP contribution in [0.2, 0.25) is 0 Å². The monoisotopic (exact) mass is 345 g/mol. The standard InChI is InChI=1S/C18H20FN3OS/c19-14-4-1-2-5-15(14)22-8-7-16(18(22)23)20-9-11-21(12-10-20)17-6-3-13-24-17/h1-6,13,16H,7-12H2. The van der Waals surface area contributed by atoms with Crippen LogP contribution in [0.3, 0.4) is 0 Å². The van der Waals surface area contributed by atoms with Crippen LogP contribution in [-0.4, -0.2) is 49.6 Å². The molecule has 2 aromatic rings. The molecule has 2 aliphatic heterocycles. The fraction of sp³-hybridized carbons (Fsp3) is 0.389. The molecule has 1 amide bonds. The fourth-order valence-corrected chi connectivity index (χ4v) is 4.40. The van der Waals surface area contributed by atoms with Crippen LogP contribution in [0.25, 0.3) is 0 Å². The van der Waals surface area contributed by atoms with Gasteiger partial charge in [0.25, 0.3) is 0 Å². The van der Waals surface area contributed by atoms with Gasteiger partial charge in [-0.25, -0.2) is 4.39 Å². The molecular formula is C18H20FN3OS. The van der Waals surface area contributed by atoms with E-state index in [1.54, 1.807) is 34.4 Å². The second kappa shape index (κ2) is 6.53. The van der Waals surface area contributed by atoms with Crippen molar-refractivity contribution in [2.24, 2.45) is 0 Å². The van der Waals surface area contributed by atoms with Gasteiger partial charge in [0.2, 0.25) is 5.91 Å². The normalized spacial score (nSPS) is 22.4. The molecule has 24 heavy (non-hydrogen) atoms. The lowest BCUT2D eigenvalue weighted by atomic mass is 10.2. The number of carbonyl (C=O) groups is 1. The molecule has 6 heteroatoms. The number of nitrogens with zero attached hydrogens (tertiary/aromatic N) is 3. The zero-order valence-electron chi connectivity index (χ0n) is 13.4. The number of rotatable bonds is 3. The summed E-state index contributed by atoms with van der Waals surface area (Å²) in [5.74, 6) is -0.293. The van der Waals surface area contributed by atoms with Crippen molar-refractivity contribution >= 4 is 27.9 Å². The minimum Gasteiger partial charge on any atom is -0.361 e. The van der Waals surface area contributed by atoms with Gasteiger partial charge in [0.15, 0.2) is 0 Å². The number of benzene rings is 1. The maximum Gasteiger partial charge on any atom is 0.244 e. The van der Waals surface area contributed by atoms with Crippen LogP contribution >= 0.6 is 11.3 Å². The first-order valence-electron chi connectivity index (χ1n) is 8.32. The van der Waals surface area contributed by atoms with E-state index in [0.29, 0.717) is 12.2 Å². The van der Waals surface area contributed by atoms with Gasteiger partial charge in [0.05, 0.1) is 16.7 Å². The largest absolute Gasteiger partial charge is 0.361 e. The summed E-state index contributed by atoms with van der Waals surface area (Å²) in [4.78, 5) is 19.0. The van der Waals surface area contributed by atoms with Crippen LogP contribution in [0, 0.1) is 5.82 Å². The molecule has 2 saturated heterocycles. The van der Waals surface area contributed by atoms with Crippen molar-refractivity contribution < 1.29 is 9.18 Å². The fourth-order valence-electron chi connectivity index (χ4n) is 3.62. The Labute approximate surface area is 145 Å². The Morgan fingerprint density at radius 1 is 1.00 bits per heavy atom. The van der Waals surface area contributed by atoms with Crippen LogP contribution in [0.5, 0.6) is 0 Å². The minimum absolute atomic E-state index is 0.0321. The first-order chi connectivity index (χ1) is 11.7. The molecule has 2 fully saturated rings. The van der Waals surface area contributed by atoms with E-state index in [-0.39, 0.29) is 17.8 Å². The van der Waals surface area contributed by atoms with Gasteiger partial charge in [-0.2, -0.15) is 0 Å².